The molecule has 3 rings (SSSR count). The van der Waals surface area contributed by atoms with Crippen LogP contribution >= 0.6 is 11.3 Å². The largest absolute Gasteiger partial charge is 0.345 e. The second-order valence-corrected chi connectivity index (χ2v) is 10.7. The quantitative estimate of drug-likeness (QED) is 0.640. The molecule has 1 amide bonds. The number of hydrogen-bond acceptors (Lipinski definition) is 4. The minimum absolute atomic E-state index is 0.131. The van der Waals surface area contributed by atoms with Gasteiger partial charge in [0.05, 0.1) is 16.5 Å². The molecule has 0 aliphatic heterocycles. The fraction of sp³-hybridized carbons (Fsp3) is 0.318. The number of sulfone groups is 1. The standard InChI is InChI=1S/C22H26N2O3S2/c1-13-7-8-14(2)24(13)22-20(15(3)17(5)28-22)21(25)23-16(4)18-9-11-19(12-10-18)29(6,26)27/h7-12,16H,1-6H3,(H,23,25)/t16-/m1/s1. The Balaban J connectivity index is 1.92. The van der Waals surface area contributed by atoms with Crippen molar-refractivity contribution in [1.29, 1.82) is 0 Å². The zero-order valence-corrected chi connectivity index (χ0v) is 19.2. The molecule has 0 unspecified atom stereocenters. The SMILES string of the molecule is Cc1sc(-n2c(C)ccc2C)c(C(=O)N[C@H](C)c2ccc(S(C)(=O)=O)cc2)c1C. The van der Waals surface area contributed by atoms with Crippen LogP contribution in [0.1, 0.15) is 50.7 Å². The van der Waals surface area contributed by atoms with Gasteiger partial charge in [-0.2, -0.15) is 0 Å². The van der Waals surface area contributed by atoms with E-state index >= 15 is 0 Å². The van der Waals surface area contributed by atoms with Gasteiger partial charge in [0.25, 0.3) is 5.91 Å². The molecular weight excluding hydrogens is 404 g/mol. The first-order chi connectivity index (χ1) is 13.5. The third-order valence-corrected chi connectivity index (χ3v) is 7.54. The van der Waals surface area contributed by atoms with Gasteiger partial charge in [0.1, 0.15) is 5.00 Å². The van der Waals surface area contributed by atoms with Gasteiger partial charge in [-0.15, -0.1) is 11.3 Å². The summed E-state index contributed by atoms with van der Waals surface area (Å²) in [6.45, 7) is 9.97. The average Bonchev–Trinajstić information content (AvgIpc) is 3.12. The first kappa shape index (κ1) is 21.3. The van der Waals surface area contributed by atoms with Crippen molar-refractivity contribution in [3.05, 3.63) is 69.4 Å². The monoisotopic (exact) mass is 430 g/mol. The van der Waals surface area contributed by atoms with E-state index in [1.54, 1.807) is 35.6 Å². The molecule has 0 aliphatic carbocycles. The summed E-state index contributed by atoms with van der Waals surface area (Å²) in [5, 5.41) is 4.00. The maximum absolute atomic E-state index is 13.2. The van der Waals surface area contributed by atoms with E-state index in [1.165, 1.54) is 6.26 Å². The van der Waals surface area contributed by atoms with E-state index in [4.69, 9.17) is 0 Å². The molecule has 7 heteroatoms. The van der Waals surface area contributed by atoms with Crippen molar-refractivity contribution < 1.29 is 13.2 Å². The summed E-state index contributed by atoms with van der Waals surface area (Å²) < 4.78 is 25.4. The van der Waals surface area contributed by atoms with Crippen LogP contribution in [0.15, 0.2) is 41.3 Å². The minimum atomic E-state index is -3.24. The molecular formula is C22H26N2O3S2. The fourth-order valence-electron chi connectivity index (χ4n) is 3.38. The van der Waals surface area contributed by atoms with Crippen LogP contribution in [-0.2, 0) is 9.84 Å². The summed E-state index contributed by atoms with van der Waals surface area (Å²) in [5.41, 5.74) is 4.69. The number of rotatable bonds is 5. The lowest BCUT2D eigenvalue weighted by Gasteiger charge is -2.17. The fourth-order valence-corrected chi connectivity index (χ4v) is 5.28. The van der Waals surface area contributed by atoms with Crippen molar-refractivity contribution in [2.24, 2.45) is 0 Å². The summed E-state index contributed by atoms with van der Waals surface area (Å²) in [6.07, 6.45) is 1.18. The highest BCUT2D eigenvalue weighted by Gasteiger charge is 2.23. The number of nitrogens with one attached hydrogen (secondary N) is 1. The molecule has 2 heterocycles. The van der Waals surface area contributed by atoms with E-state index in [-0.39, 0.29) is 16.8 Å². The maximum Gasteiger partial charge on any atom is 0.255 e. The van der Waals surface area contributed by atoms with Gasteiger partial charge >= 0.3 is 0 Å². The highest BCUT2D eigenvalue weighted by molar-refractivity contribution is 7.90. The third-order valence-electron chi connectivity index (χ3n) is 5.22. The predicted octanol–water partition coefficient (Wildman–Crippen LogP) is 4.67. The Morgan fingerprint density at radius 3 is 2.07 bits per heavy atom. The Morgan fingerprint density at radius 1 is 1.00 bits per heavy atom. The van der Waals surface area contributed by atoms with E-state index in [0.29, 0.717) is 5.56 Å². The second kappa shape index (κ2) is 7.80. The number of carbonyl (C=O) groups is 1. The molecule has 0 fully saturated rings. The van der Waals surface area contributed by atoms with E-state index in [2.05, 4.69) is 9.88 Å². The Bertz CT molecular complexity index is 1150. The highest BCUT2D eigenvalue weighted by Crippen LogP contribution is 2.33. The predicted molar refractivity (Wildman–Crippen MR) is 118 cm³/mol. The van der Waals surface area contributed by atoms with E-state index < -0.39 is 9.84 Å². The van der Waals surface area contributed by atoms with Gasteiger partial charge in [-0.3, -0.25) is 4.79 Å². The van der Waals surface area contributed by atoms with Gasteiger partial charge in [-0.25, -0.2) is 8.42 Å². The average molecular weight is 431 g/mol. The number of nitrogens with zero attached hydrogens (tertiary/aromatic N) is 1. The molecule has 154 valence electrons. The molecule has 0 bridgehead atoms. The number of aromatic nitrogens is 1. The topological polar surface area (TPSA) is 68.2 Å². The van der Waals surface area contributed by atoms with Gasteiger partial charge in [0.2, 0.25) is 0 Å². The summed E-state index contributed by atoms with van der Waals surface area (Å²) in [5.74, 6) is -0.131. The molecule has 0 spiro atoms. The van der Waals surface area contributed by atoms with E-state index in [1.807, 2.05) is 46.8 Å². The summed E-state index contributed by atoms with van der Waals surface area (Å²) in [6, 6.07) is 10.5. The number of carbonyl (C=O) groups excluding carboxylic acids is 1. The lowest BCUT2D eigenvalue weighted by molar-refractivity contribution is 0.0939. The Kier molecular flexibility index (Phi) is 5.74. The number of thiophene rings is 1. The van der Waals surface area contributed by atoms with Gasteiger partial charge in [0.15, 0.2) is 9.84 Å². The van der Waals surface area contributed by atoms with Crippen molar-refractivity contribution in [3.63, 3.8) is 0 Å². The molecule has 2 aromatic heterocycles. The molecule has 1 aromatic carbocycles. The van der Waals surface area contributed by atoms with Crippen LogP contribution in [-0.4, -0.2) is 25.1 Å². The Morgan fingerprint density at radius 2 is 1.55 bits per heavy atom. The zero-order chi connectivity index (χ0) is 21.5. The third kappa shape index (κ3) is 4.16. The maximum atomic E-state index is 13.2. The summed E-state index contributed by atoms with van der Waals surface area (Å²) in [4.78, 5) is 14.6. The van der Waals surface area contributed by atoms with Crippen molar-refractivity contribution in [2.45, 2.75) is 45.6 Å². The molecule has 0 saturated heterocycles. The number of hydrogen-bond donors (Lipinski definition) is 1. The Labute approximate surface area is 176 Å². The lowest BCUT2D eigenvalue weighted by atomic mass is 10.1. The van der Waals surface area contributed by atoms with Crippen LogP contribution in [0.25, 0.3) is 5.00 Å². The number of amides is 1. The molecule has 0 saturated carbocycles. The van der Waals surface area contributed by atoms with Gasteiger partial charge < -0.3 is 9.88 Å². The van der Waals surface area contributed by atoms with Crippen molar-refractivity contribution in [2.75, 3.05) is 6.26 Å². The zero-order valence-electron chi connectivity index (χ0n) is 17.5. The van der Waals surface area contributed by atoms with Crippen molar-refractivity contribution in [1.82, 2.24) is 9.88 Å². The smallest absolute Gasteiger partial charge is 0.255 e. The number of benzene rings is 1. The second-order valence-electron chi connectivity index (χ2n) is 7.45. The van der Waals surface area contributed by atoms with Crippen LogP contribution in [0.4, 0.5) is 0 Å². The van der Waals surface area contributed by atoms with Crippen LogP contribution in [0.3, 0.4) is 0 Å². The Hall–Kier alpha value is -2.38. The lowest BCUT2D eigenvalue weighted by Crippen LogP contribution is -2.28. The number of aryl methyl sites for hydroxylation is 3. The van der Waals surface area contributed by atoms with Gasteiger partial charge in [-0.1, -0.05) is 12.1 Å². The van der Waals surface area contributed by atoms with E-state index in [0.717, 1.165) is 32.4 Å². The van der Waals surface area contributed by atoms with Crippen LogP contribution in [0.5, 0.6) is 0 Å². The van der Waals surface area contributed by atoms with Crippen LogP contribution in [0.2, 0.25) is 0 Å². The molecule has 5 nitrogen and oxygen atoms in total. The summed E-state index contributed by atoms with van der Waals surface area (Å²) in [7, 11) is -3.24. The van der Waals surface area contributed by atoms with Gasteiger partial charge in [0, 0.05) is 22.5 Å². The normalized spacial score (nSPS) is 12.8. The highest BCUT2D eigenvalue weighted by atomic mass is 32.2. The molecule has 1 N–H and O–H groups in total. The molecule has 0 aliphatic rings. The molecule has 3 aromatic rings. The first-order valence-electron chi connectivity index (χ1n) is 9.37. The minimum Gasteiger partial charge on any atom is -0.345 e. The van der Waals surface area contributed by atoms with Crippen molar-refractivity contribution >= 4 is 27.1 Å². The van der Waals surface area contributed by atoms with Crippen LogP contribution in [0, 0.1) is 27.7 Å². The molecule has 0 radical (unpaired) electrons. The van der Waals surface area contributed by atoms with E-state index in [9.17, 15) is 13.2 Å². The van der Waals surface area contributed by atoms with Crippen molar-refractivity contribution in [3.8, 4) is 5.00 Å². The van der Waals surface area contributed by atoms with Crippen LogP contribution < -0.4 is 5.32 Å². The first-order valence-corrected chi connectivity index (χ1v) is 12.1. The molecule has 29 heavy (non-hydrogen) atoms. The summed E-state index contributed by atoms with van der Waals surface area (Å²) >= 11 is 1.62. The molecule has 1 atom stereocenters. The van der Waals surface area contributed by atoms with Gasteiger partial charge in [-0.05, 0) is 70.0 Å².